The molecule has 0 bridgehead atoms. The molecule has 0 aliphatic heterocycles. The van der Waals surface area contributed by atoms with Gasteiger partial charge in [-0.05, 0) is 22.9 Å². The van der Waals surface area contributed by atoms with Crippen LogP contribution in [0, 0.1) is 0 Å². The van der Waals surface area contributed by atoms with Gasteiger partial charge >= 0.3 is 11.9 Å². The van der Waals surface area contributed by atoms with Crippen LogP contribution in [0.1, 0.15) is 0 Å². The molecule has 0 radical (unpaired) electrons. The molecule has 2 heterocycles. The van der Waals surface area contributed by atoms with E-state index in [0.717, 1.165) is 0 Å². The van der Waals surface area contributed by atoms with Gasteiger partial charge in [-0.3, -0.25) is 0 Å². The van der Waals surface area contributed by atoms with Crippen LogP contribution in [0.15, 0.2) is 45.8 Å². The number of nitrogens with one attached hydrogen (secondary N) is 1. The molecule has 0 aliphatic carbocycles. The van der Waals surface area contributed by atoms with E-state index in [9.17, 15) is 9.59 Å². The molecule has 0 spiro atoms. The minimum absolute atomic E-state index is 0.558. The first-order chi connectivity index (χ1) is 9.08. The molecule has 3 N–H and O–H groups in total. The van der Waals surface area contributed by atoms with Crippen molar-refractivity contribution in [1.29, 1.82) is 0 Å². The average Bonchev–Trinajstić information content (AvgIpc) is 3.01. The standard InChI is InChI=1S/C8H7NS2.C4H4O4/c1-3-10-5-7(1)9-8-2-4-11-6-8;5-3(6)1-2-4(7)8/h1-6,9H;1-2H,(H,5,6)(H,7,8). The number of thiophene rings is 2. The number of anilines is 2. The lowest BCUT2D eigenvalue weighted by Crippen LogP contribution is -1.91. The van der Waals surface area contributed by atoms with Crippen molar-refractivity contribution in [1.82, 2.24) is 0 Å². The number of rotatable bonds is 4. The Morgan fingerprint density at radius 2 is 1.37 bits per heavy atom. The molecular weight excluding hydrogens is 286 g/mol. The van der Waals surface area contributed by atoms with Gasteiger partial charge in [-0.25, -0.2) is 9.59 Å². The summed E-state index contributed by atoms with van der Waals surface area (Å²) in [7, 11) is 0. The van der Waals surface area contributed by atoms with Gasteiger partial charge in [0.25, 0.3) is 0 Å². The number of hydrogen-bond donors (Lipinski definition) is 3. The van der Waals surface area contributed by atoms with Crippen molar-refractivity contribution < 1.29 is 19.8 Å². The predicted molar refractivity (Wildman–Crippen MR) is 76.3 cm³/mol. The maximum atomic E-state index is 9.55. The Labute approximate surface area is 117 Å². The molecule has 100 valence electrons. The van der Waals surface area contributed by atoms with Crippen molar-refractivity contribution >= 4 is 46.0 Å². The van der Waals surface area contributed by atoms with E-state index in [1.54, 1.807) is 22.7 Å². The molecule has 2 aromatic rings. The molecule has 2 aromatic heterocycles. The third kappa shape index (κ3) is 7.02. The Morgan fingerprint density at radius 3 is 1.63 bits per heavy atom. The van der Waals surface area contributed by atoms with Gasteiger partial charge in [-0.1, -0.05) is 0 Å². The lowest BCUT2D eigenvalue weighted by Gasteiger charge is -1.97. The van der Waals surface area contributed by atoms with Gasteiger partial charge in [0.2, 0.25) is 0 Å². The smallest absolute Gasteiger partial charge is 0.328 e. The van der Waals surface area contributed by atoms with Crippen molar-refractivity contribution in [2.24, 2.45) is 0 Å². The van der Waals surface area contributed by atoms with Crippen LogP contribution in [0.2, 0.25) is 0 Å². The Hall–Kier alpha value is -2.12. The minimum Gasteiger partial charge on any atom is -0.478 e. The Morgan fingerprint density at radius 1 is 0.947 bits per heavy atom. The van der Waals surface area contributed by atoms with Gasteiger partial charge in [0.05, 0.1) is 0 Å². The summed E-state index contributed by atoms with van der Waals surface area (Å²) in [5.74, 6) is -2.51. The summed E-state index contributed by atoms with van der Waals surface area (Å²) in [6.45, 7) is 0. The number of hydrogen-bond acceptors (Lipinski definition) is 5. The zero-order chi connectivity index (χ0) is 14.1. The number of carboxylic acids is 2. The molecule has 7 heteroatoms. The van der Waals surface area contributed by atoms with Crippen LogP contribution in [0.3, 0.4) is 0 Å². The van der Waals surface area contributed by atoms with Gasteiger partial charge in [-0.2, -0.15) is 22.7 Å². The molecule has 0 unspecified atom stereocenters. The second-order valence-electron chi connectivity index (χ2n) is 3.16. The predicted octanol–water partition coefficient (Wildman–Crippen LogP) is 3.27. The van der Waals surface area contributed by atoms with Gasteiger partial charge in [0.15, 0.2) is 0 Å². The molecule has 2 rings (SSSR count). The zero-order valence-corrected chi connectivity index (χ0v) is 11.3. The summed E-state index contributed by atoms with van der Waals surface area (Å²) in [5, 5.41) is 27.2. The first-order valence-electron chi connectivity index (χ1n) is 5.03. The molecule has 0 saturated heterocycles. The summed E-state index contributed by atoms with van der Waals surface area (Å²) in [4.78, 5) is 19.1. The monoisotopic (exact) mass is 297 g/mol. The molecule has 0 aromatic carbocycles. The molecule has 0 saturated carbocycles. The third-order valence-electron chi connectivity index (χ3n) is 1.70. The van der Waals surface area contributed by atoms with Crippen molar-refractivity contribution in [3.05, 3.63) is 45.8 Å². The van der Waals surface area contributed by atoms with Crippen molar-refractivity contribution in [3.8, 4) is 0 Å². The van der Waals surface area contributed by atoms with Gasteiger partial charge in [0.1, 0.15) is 0 Å². The van der Waals surface area contributed by atoms with E-state index in [-0.39, 0.29) is 0 Å². The fraction of sp³-hybridized carbons (Fsp3) is 0. The summed E-state index contributed by atoms with van der Waals surface area (Å²) in [6, 6.07) is 4.14. The fourth-order valence-corrected chi connectivity index (χ4v) is 2.16. The second kappa shape index (κ2) is 8.06. The second-order valence-corrected chi connectivity index (χ2v) is 4.72. The molecule has 0 atom stereocenters. The van der Waals surface area contributed by atoms with Crippen LogP contribution in [0.5, 0.6) is 0 Å². The van der Waals surface area contributed by atoms with E-state index in [1.165, 1.54) is 11.4 Å². The van der Waals surface area contributed by atoms with Crippen LogP contribution in [-0.4, -0.2) is 22.2 Å². The largest absolute Gasteiger partial charge is 0.478 e. The van der Waals surface area contributed by atoms with Crippen LogP contribution in [-0.2, 0) is 9.59 Å². The van der Waals surface area contributed by atoms with Crippen LogP contribution >= 0.6 is 22.7 Å². The van der Waals surface area contributed by atoms with Gasteiger partial charge in [0, 0.05) is 34.3 Å². The number of aliphatic carboxylic acids is 2. The zero-order valence-electron chi connectivity index (χ0n) is 9.65. The van der Waals surface area contributed by atoms with Crippen molar-refractivity contribution in [2.75, 3.05) is 5.32 Å². The Balaban J connectivity index is 0.000000203. The highest BCUT2D eigenvalue weighted by atomic mass is 32.1. The summed E-state index contributed by atoms with van der Waals surface area (Å²) < 4.78 is 0. The maximum Gasteiger partial charge on any atom is 0.328 e. The molecule has 0 fully saturated rings. The van der Waals surface area contributed by atoms with Gasteiger partial charge < -0.3 is 15.5 Å². The first kappa shape index (κ1) is 14.9. The molecular formula is C12H11NO4S2. The average molecular weight is 297 g/mol. The van der Waals surface area contributed by atoms with Crippen molar-refractivity contribution in [3.63, 3.8) is 0 Å². The fourth-order valence-electron chi connectivity index (χ4n) is 0.980. The molecule has 0 amide bonds. The van der Waals surface area contributed by atoms with Crippen LogP contribution < -0.4 is 5.32 Å². The molecule has 0 aliphatic rings. The Bertz CT molecular complexity index is 484. The van der Waals surface area contributed by atoms with Gasteiger partial charge in [-0.15, -0.1) is 0 Å². The maximum absolute atomic E-state index is 9.55. The van der Waals surface area contributed by atoms with E-state index in [4.69, 9.17) is 10.2 Å². The van der Waals surface area contributed by atoms with Crippen LogP contribution in [0.4, 0.5) is 11.4 Å². The number of carboxylic acid groups (broad SMARTS) is 2. The molecule has 5 nitrogen and oxygen atoms in total. The highest BCUT2D eigenvalue weighted by molar-refractivity contribution is 7.08. The lowest BCUT2D eigenvalue weighted by atomic mass is 10.4. The third-order valence-corrected chi connectivity index (χ3v) is 3.07. The lowest BCUT2D eigenvalue weighted by molar-refractivity contribution is -0.134. The summed E-state index contributed by atoms with van der Waals surface area (Å²) in [6.07, 6.45) is 1.12. The van der Waals surface area contributed by atoms with Crippen molar-refractivity contribution in [2.45, 2.75) is 0 Å². The van der Waals surface area contributed by atoms with Crippen LogP contribution in [0.25, 0.3) is 0 Å². The van der Waals surface area contributed by atoms with E-state index in [1.807, 2.05) is 0 Å². The van der Waals surface area contributed by atoms with E-state index in [0.29, 0.717) is 12.2 Å². The van der Waals surface area contributed by atoms with E-state index in [2.05, 4.69) is 39.0 Å². The van der Waals surface area contributed by atoms with E-state index < -0.39 is 11.9 Å². The first-order valence-corrected chi connectivity index (χ1v) is 6.92. The van der Waals surface area contributed by atoms with E-state index >= 15 is 0 Å². The highest BCUT2D eigenvalue weighted by Crippen LogP contribution is 2.20. The quantitative estimate of drug-likeness (QED) is 0.754. The minimum atomic E-state index is -1.26. The SMILES string of the molecule is O=C(O)C=CC(=O)O.c1cc(Nc2ccsc2)cs1. The summed E-state index contributed by atoms with van der Waals surface area (Å²) in [5.41, 5.74) is 2.35. The number of carbonyl (C=O) groups is 2. The highest BCUT2D eigenvalue weighted by Gasteiger charge is 1.92. The normalized spacial score (nSPS) is 9.68. The topological polar surface area (TPSA) is 86.6 Å². The molecule has 19 heavy (non-hydrogen) atoms. The Kier molecular flexibility index (Phi) is 6.34. The summed E-state index contributed by atoms with van der Waals surface area (Å²) >= 11 is 3.40.